The normalized spacial score (nSPS) is 13.6. The fourth-order valence-electron chi connectivity index (χ4n) is 1.50. The Morgan fingerprint density at radius 1 is 1.44 bits per heavy atom. The maximum absolute atomic E-state index is 13.7. The van der Waals surface area contributed by atoms with Crippen LogP contribution in [-0.2, 0) is 16.3 Å². The van der Waals surface area contributed by atoms with Gasteiger partial charge < -0.3 is 5.73 Å². The molecule has 1 unspecified atom stereocenters. The van der Waals surface area contributed by atoms with E-state index in [1.54, 1.807) is 12.1 Å². The average Bonchev–Trinajstić information content (AvgIpc) is 2.20. The van der Waals surface area contributed by atoms with Gasteiger partial charge >= 0.3 is 0 Å². The Bertz CT molecular complexity index is 501. The molecule has 0 heterocycles. The third-order valence-corrected chi connectivity index (χ3v) is 4.62. The topological polar surface area (TPSA) is 60.2 Å². The van der Waals surface area contributed by atoms with Gasteiger partial charge in [-0.3, -0.25) is 0 Å². The van der Waals surface area contributed by atoms with E-state index in [0.717, 1.165) is 4.90 Å². The van der Waals surface area contributed by atoms with Crippen molar-refractivity contribution in [2.45, 2.75) is 24.3 Å². The summed E-state index contributed by atoms with van der Waals surface area (Å²) in [5.41, 5.74) is 6.26. The number of benzene rings is 1. The van der Waals surface area contributed by atoms with Crippen molar-refractivity contribution in [3.63, 3.8) is 0 Å². The van der Waals surface area contributed by atoms with Crippen molar-refractivity contribution in [3.05, 3.63) is 29.6 Å². The van der Waals surface area contributed by atoms with Gasteiger partial charge in [0.25, 0.3) is 0 Å². The zero-order chi connectivity index (χ0) is 13.8. The van der Waals surface area contributed by atoms with Gasteiger partial charge in [-0.2, -0.15) is 0 Å². The van der Waals surface area contributed by atoms with Crippen LogP contribution in [0.15, 0.2) is 23.1 Å². The molecule has 0 bridgehead atoms. The van der Waals surface area contributed by atoms with Crippen molar-refractivity contribution in [1.29, 1.82) is 0 Å². The van der Waals surface area contributed by atoms with Crippen molar-refractivity contribution < 1.29 is 12.8 Å². The van der Waals surface area contributed by atoms with Crippen molar-refractivity contribution in [1.82, 2.24) is 0 Å². The molecule has 0 saturated heterocycles. The first-order valence-corrected chi connectivity index (χ1v) is 8.67. The molecule has 0 aliphatic heterocycles. The highest BCUT2D eigenvalue weighted by Crippen LogP contribution is 2.26. The van der Waals surface area contributed by atoms with E-state index in [1.165, 1.54) is 24.1 Å². The molecule has 0 aromatic heterocycles. The van der Waals surface area contributed by atoms with E-state index in [0.29, 0.717) is 17.7 Å². The molecule has 0 aliphatic carbocycles. The van der Waals surface area contributed by atoms with Gasteiger partial charge in [-0.05, 0) is 25.5 Å². The predicted molar refractivity (Wildman–Crippen MR) is 74.2 cm³/mol. The maximum Gasteiger partial charge on any atom is 0.148 e. The van der Waals surface area contributed by atoms with Crippen molar-refractivity contribution in [3.8, 4) is 0 Å². The lowest BCUT2D eigenvalue weighted by atomic mass is 10.1. The molecule has 1 rings (SSSR count). The minimum absolute atomic E-state index is 0.0891. The van der Waals surface area contributed by atoms with Crippen LogP contribution < -0.4 is 5.73 Å². The number of hydrogen-bond acceptors (Lipinski definition) is 4. The standard InChI is InChI=1S/C12H18FNO2S2/c1-9(14)8-10-11(13)4-3-5-12(10)17-6-7-18(2,15)16/h3-5,9H,6-8,14H2,1-2H3. The van der Waals surface area contributed by atoms with Crippen LogP contribution in [0.3, 0.4) is 0 Å². The minimum Gasteiger partial charge on any atom is -0.328 e. The fourth-order valence-corrected chi connectivity index (χ4v) is 3.79. The Balaban J connectivity index is 2.78. The van der Waals surface area contributed by atoms with Gasteiger partial charge in [0.2, 0.25) is 0 Å². The van der Waals surface area contributed by atoms with Gasteiger partial charge in [0, 0.05) is 28.5 Å². The summed E-state index contributed by atoms with van der Waals surface area (Å²) >= 11 is 1.36. The molecule has 1 atom stereocenters. The third kappa shape index (κ3) is 5.37. The predicted octanol–water partition coefficient (Wildman–Crippen LogP) is 1.85. The number of rotatable bonds is 6. The summed E-state index contributed by atoms with van der Waals surface area (Å²) in [5.74, 6) is 0.233. The number of sulfone groups is 1. The first-order valence-electron chi connectivity index (χ1n) is 5.63. The second kappa shape index (κ2) is 6.54. The van der Waals surface area contributed by atoms with Gasteiger partial charge in [-0.25, -0.2) is 12.8 Å². The highest BCUT2D eigenvalue weighted by molar-refractivity contribution is 8.00. The lowest BCUT2D eigenvalue weighted by molar-refractivity contribution is 0.588. The molecule has 1 aromatic carbocycles. The highest BCUT2D eigenvalue weighted by atomic mass is 32.2. The Morgan fingerprint density at radius 2 is 2.11 bits per heavy atom. The summed E-state index contributed by atoms with van der Waals surface area (Å²) in [6, 6.07) is 4.70. The van der Waals surface area contributed by atoms with Crippen molar-refractivity contribution >= 4 is 21.6 Å². The van der Waals surface area contributed by atoms with Gasteiger partial charge in [-0.1, -0.05) is 6.07 Å². The Morgan fingerprint density at radius 3 is 2.67 bits per heavy atom. The van der Waals surface area contributed by atoms with Crippen LogP contribution in [0, 0.1) is 5.82 Å². The zero-order valence-corrected chi connectivity index (χ0v) is 12.2. The second-order valence-electron chi connectivity index (χ2n) is 4.38. The Hall–Kier alpha value is -0.590. The van der Waals surface area contributed by atoms with Gasteiger partial charge in [0.1, 0.15) is 15.7 Å². The third-order valence-electron chi connectivity index (χ3n) is 2.31. The van der Waals surface area contributed by atoms with Gasteiger partial charge in [0.15, 0.2) is 0 Å². The lowest BCUT2D eigenvalue weighted by Crippen LogP contribution is -2.19. The molecule has 2 N–H and O–H groups in total. The number of nitrogens with two attached hydrogens (primary N) is 1. The number of halogens is 1. The van der Waals surface area contributed by atoms with Crippen LogP contribution in [0.5, 0.6) is 0 Å². The molecule has 102 valence electrons. The molecule has 3 nitrogen and oxygen atoms in total. The summed E-state index contributed by atoms with van der Waals surface area (Å²) in [7, 11) is -2.98. The average molecular weight is 291 g/mol. The van der Waals surface area contributed by atoms with E-state index >= 15 is 0 Å². The summed E-state index contributed by atoms with van der Waals surface area (Å²) in [4.78, 5) is 0.774. The Kier molecular flexibility index (Phi) is 5.62. The highest BCUT2D eigenvalue weighted by Gasteiger charge is 2.11. The minimum atomic E-state index is -2.98. The SMILES string of the molecule is CC(N)Cc1c(F)cccc1SCCS(C)(=O)=O. The summed E-state index contributed by atoms with van der Waals surface area (Å²) < 4.78 is 35.8. The van der Waals surface area contributed by atoms with Crippen LogP contribution in [0.4, 0.5) is 4.39 Å². The molecule has 0 spiro atoms. The summed E-state index contributed by atoms with van der Waals surface area (Å²) in [6.45, 7) is 1.82. The van der Waals surface area contributed by atoms with Crippen LogP contribution in [0.1, 0.15) is 12.5 Å². The molecule has 0 fully saturated rings. The van der Waals surface area contributed by atoms with Crippen LogP contribution in [-0.4, -0.2) is 32.2 Å². The molecule has 6 heteroatoms. The molecular formula is C12H18FNO2S2. The van der Waals surface area contributed by atoms with Gasteiger partial charge in [0.05, 0.1) is 5.75 Å². The second-order valence-corrected chi connectivity index (χ2v) is 7.77. The van der Waals surface area contributed by atoms with E-state index in [1.807, 2.05) is 6.92 Å². The number of hydrogen-bond donors (Lipinski definition) is 1. The largest absolute Gasteiger partial charge is 0.328 e. The molecule has 1 aromatic rings. The molecule has 0 saturated carbocycles. The summed E-state index contributed by atoms with van der Waals surface area (Å²) in [5, 5.41) is 0. The monoisotopic (exact) mass is 291 g/mol. The van der Waals surface area contributed by atoms with Crippen molar-refractivity contribution in [2.75, 3.05) is 17.8 Å². The van der Waals surface area contributed by atoms with Crippen LogP contribution in [0.2, 0.25) is 0 Å². The maximum atomic E-state index is 13.7. The molecule has 0 amide bonds. The molecule has 18 heavy (non-hydrogen) atoms. The van der Waals surface area contributed by atoms with E-state index < -0.39 is 9.84 Å². The smallest absolute Gasteiger partial charge is 0.148 e. The molecule has 0 radical (unpaired) electrons. The van der Waals surface area contributed by atoms with E-state index in [-0.39, 0.29) is 17.6 Å². The van der Waals surface area contributed by atoms with E-state index in [9.17, 15) is 12.8 Å². The number of thioether (sulfide) groups is 1. The van der Waals surface area contributed by atoms with E-state index in [2.05, 4.69) is 0 Å². The van der Waals surface area contributed by atoms with Crippen LogP contribution in [0.25, 0.3) is 0 Å². The Labute approximate surface area is 112 Å². The first-order chi connectivity index (χ1) is 8.29. The van der Waals surface area contributed by atoms with Crippen LogP contribution >= 0.6 is 11.8 Å². The quantitative estimate of drug-likeness (QED) is 0.813. The zero-order valence-electron chi connectivity index (χ0n) is 10.5. The van der Waals surface area contributed by atoms with Gasteiger partial charge in [-0.15, -0.1) is 11.8 Å². The molecular weight excluding hydrogens is 273 g/mol. The van der Waals surface area contributed by atoms with E-state index in [4.69, 9.17) is 5.73 Å². The molecule has 0 aliphatic rings. The lowest BCUT2D eigenvalue weighted by Gasteiger charge is -2.12. The van der Waals surface area contributed by atoms with Crippen molar-refractivity contribution in [2.24, 2.45) is 5.73 Å². The fraction of sp³-hybridized carbons (Fsp3) is 0.500. The summed E-state index contributed by atoms with van der Waals surface area (Å²) in [6.07, 6.45) is 1.65. The first kappa shape index (κ1) is 15.5.